The van der Waals surface area contributed by atoms with Gasteiger partial charge in [-0.25, -0.2) is 0 Å². The molecule has 1 amide bonds. The first-order valence-electron chi connectivity index (χ1n) is 9.58. The van der Waals surface area contributed by atoms with E-state index in [0.29, 0.717) is 11.8 Å². The van der Waals surface area contributed by atoms with Crippen molar-refractivity contribution in [3.05, 3.63) is 17.0 Å². The second kappa shape index (κ2) is 9.20. The minimum absolute atomic E-state index is 0. The fourth-order valence-corrected chi connectivity index (χ4v) is 4.35. The lowest BCUT2D eigenvalue weighted by molar-refractivity contribution is 0.0914. The summed E-state index contributed by atoms with van der Waals surface area (Å²) in [6, 6.07) is 0.193. The van der Waals surface area contributed by atoms with Crippen LogP contribution in [0.5, 0.6) is 0 Å². The topological polar surface area (TPSA) is 59.4 Å². The van der Waals surface area contributed by atoms with E-state index >= 15 is 0 Å². The molecular weight excluding hydrogens is 352 g/mol. The van der Waals surface area contributed by atoms with Crippen LogP contribution < -0.4 is 5.32 Å². The standard InChI is InChI=1S/C19H32N4O2.ClH/c1-13(2)15-11-23(9-10-25-4)12-17(15)20-19(24)18-14-7-5-6-8-16(14)21-22(18)3;/h13,15,17H,5-12H2,1-4H3,(H,20,24);1H/t15-,17+;/m1./s1. The van der Waals surface area contributed by atoms with Crippen molar-refractivity contribution in [3.63, 3.8) is 0 Å². The van der Waals surface area contributed by atoms with E-state index in [-0.39, 0.29) is 24.4 Å². The number of nitrogens with zero attached hydrogens (tertiary/aromatic N) is 3. The molecule has 0 spiro atoms. The molecule has 0 aromatic carbocycles. The number of halogens is 1. The molecule has 0 radical (unpaired) electrons. The second-order valence-electron chi connectivity index (χ2n) is 7.84. The third-order valence-corrected chi connectivity index (χ3v) is 5.76. The second-order valence-corrected chi connectivity index (χ2v) is 7.84. The molecule has 0 saturated carbocycles. The van der Waals surface area contributed by atoms with E-state index in [2.05, 4.69) is 29.2 Å². The van der Waals surface area contributed by atoms with Crippen molar-refractivity contribution in [1.29, 1.82) is 0 Å². The van der Waals surface area contributed by atoms with Gasteiger partial charge in [0.2, 0.25) is 0 Å². The Labute approximate surface area is 163 Å². The van der Waals surface area contributed by atoms with Crippen molar-refractivity contribution < 1.29 is 9.53 Å². The van der Waals surface area contributed by atoms with Gasteiger partial charge in [0.25, 0.3) is 5.91 Å². The third kappa shape index (κ3) is 4.41. The van der Waals surface area contributed by atoms with Gasteiger partial charge in [0.15, 0.2) is 0 Å². The number of carbonyl (C=O) groups excluding carboxylic acids is 1. The highest BCUT2D eigenvalue weighted by molar-refractivity contribution is 5.94. The first-order valence-corrected chi connectivity index (χ1v) is 9.58. The van der Waals surface area contributed by atoms with E-state index in [1.807, 2.05) is 7.05 Å². The third-order valence-electron chi connectivity index (χ3n) is 5.76. The lowest BCUT2D eigenvalue weighted by atomic mass is 9.91. The maximum Gasteiger partial charge on any atom is 0.270 e. The van der Waals surface area contributed by atoms with Crippen LogP contribution in [-0.4, -0.2) is 60.0 Å². The molecule has 3 rings (SSSR count). The molecule has 6 nitrogen and oxygen atoms in total. The van der Waals surface area contributed by atoms with Crippen molar-refractivity contribution >= 4 is 18.3 Å². The summed E-state index contributed by atoms with van der Waals surface area (Å²) in [5, 5.41) is 7.91. The molecule has 2 aliphatic rings. The Morgan fingerprint density at radius 2 is 2.04 bits per heavy atom. The number of ether oxygens (including phenoxy) is 1. The highest BCUT2D eigenvalue weighted by atomic mass is 35.5. The Bertz CT molecular complexity index is 617. The van der Waals surface area contributed by atoms with Crippen LogP contribution in [0.2, 0.25) is 0 Å². The van der Waals surface area contributed by atoms with Gasteiger partial charge in [-0.05, 0) is 37.5 Å². The molecule has 0 bridgehead atoms. The Morgan fingerprint density at radius 1 is 1.31 bits per heavy atom. The van der Waals surface area contributed by atoms with Crippen LogP contribution in [0.15, 0.2) is 0 Å². The normalized spacial score (nSPS) is 23.0. The van der Waals surface area contributed by atoms with Crippen LogP contribution in [0.4, 0.5) is 0 Å². The van der Waals surface area contributed by atoms with Crippen molar-refractivity contribution in [2.45, 2.75) is 45.6 Å². The van der Waals surface area contributed by atoms with Crippen LogP contribution in [0, 0.1) is 11.8 Å². The summed E-state index contributed by atoms with van der Waals surface area (Å²) >= 11 is 0. The average Bonchev–Trinajstić information content (AvgIpc) is 3.12. The molecule has 1 fully saturated rings. The first kappa shape index (κ1) is 21.2. The summed E-state index contributed by atoms with van der Waals surface area (Å²) in [7, 11) is 3.63. The predicted octanol–water partition coefficient (Wildman–Crippen LogP) is 2.05. The van der Waals surface area contributed by atoms with Gasteiger partial charge in [-0.2, -0.15) is 5.10 Å². The maximum absolute atomic E-state index is 13.0. The van der Waals surface area contributed by atoms with Gasteiger partial charge in [0, 0.05) is 45.4 Å². The molecule has 1 aromatic rings. The van der Waals surface area contributed by atoms with Crippen molar-refractivity contribution in [1.82, 2.24) is 20.0 Å². The van der Waals surface area contributed by atoms with Crippen LogP contribution in [0.25, 0.3) is 0 Å². The zero-order valence-electron chi connectivity index (χ0n) is 16.5. The average molecular weight is 385 g/mol. The number of carbonyl (C=O) groups is 1. The predicted molar refractivity (Wildman–Crippen MR) is 105 cm³/mol. The highest BCUT2D eigenvalue weighted by Crippen LogP contribution is 2.26. The number of amides is 1. The SMILES string of the molecule is COCCN1C[C@H](NC(=O)c2c3c(nn2C)CCCC3)[C@@H](C(C)C)C1.Cl. The number of hydrogen-bond acceptors (Lipinski definition) is 4. The van der Waals surface area contributed by atoms with Gasteiger partial charge >= 0.3 is 0 Å². The quantitative estimate of drug-likeness (QED) is 0.815. The minimum atomic E-state index is 0. The van der Waals surface area contributed by atoms with E-state index < -0.39 is 0 Å². The highest BCUT2D eigenvalue weighted by Gasteiger charge is 2.36. The minimum Gasteiger partial charge on any atom is -0.383 e. The molecule has 1 N–H and O–H groups in total. The smallest absolute Gasteiger partial charge is 0.270 e. The van der Waals surface area contributed by atoms with Gasteiger partial charge in [-0.15, -0.1) is 12.4 Å². The number of nitrogens with one attached hydrogen (secondary N) is 1. The number of methoxy groups -OCH3 is 1. The summed E-state index contributed by atoms with van der Waals surface area (Å²) in [6.45, 7) is 8.08. The van der Waals surface area contributed by atoms with Crippen molar-refractivity contribution in [2.75, 3.05) is 33.4 Å². The molecule has 26 heavy (non-hydrogen) atoms. The van der Waals surface area contributed by atoms with Crippen LogP contribution in [0.3, 0.4) is 0 Å². The zero-order chi connectivity index (χ0) is 18.0. The van der Waals surface area contributed by atoms with Gasteiger partial charge < -0.3 is 10.1 Å². The van der Waals surface area contributed by atoms with E-state index in [1.54, 1.807) is 11.8 Å². The lowest BCUT2D eigenvalue weighted by Gasteiger charge is -2.23. The number of aryl methyl sites for hydroxylation is 2. The fraction of sp³-hybridized carbons (Fsp3) is 0.789. The molecule has 1 saturated heterocycles. The van der Waals surface area contributed by atoms with Gasteiger partial charge in [-0.3, -0.25) is 14.4 Å². The monoisotopic (exact) mass is 384 g/mol. The Hall–Kier alpha value is -1.11. The van der Waals surface area contributed by atoms with Crippen LogP contribution in [0.1, 0.15) is 48.4 Å². The number of hydrogen-bond donors (Lipinski definition) is 1. The molecule has 0 unspecified atom stereocenters. The van der Waals surface area contributed by atoms with E-state index in [9.17, 15) is 4.79 Å². The largest absolute Gasteiger partial charge is 0.383 e. The maximum atomic E-state index is 13.0. The summed E-state index contributed by atoms with van der Waals surface area (Å²) < 4.78 is 7.00. The number of fused-ring (bicyclic) bond motifs is 1. The molecular formula is C19H33ClN4O2. The summed E-state index contributed by atoms with van der Waals surface area (Å²) in [5.74, 6) is 1.06. The van der Waals surface area contributed by atoms with Crippen molar-refractivity contribution in [3.8, 4) is 0 Å². The van der Waals surface area contributed by atoms with E-state index in [4.69, 9.17) is 4.74 Å². The first-order chi connectivity index (χ1) is 12.0. The van der Waals surface area contributed by atoms with Crippen molar-refractivity contribution in [2.24, 2.45) is 18.9 Å². The molecule has 2 heterocycles. The molecule has 1 aromatic heterocycles. The summed E-state index contributed by atoms with van der Waals surface area (Å²) in [5.41, 5.74) is 3.06. The van der Waals surface area contributed by atoms with Crippen LogP contribution >= 0.6 is 12.4 Å². The number of likely N-dealkylation sites (tertiary alicyclic amines) is 1. The lowest BCUT2D eigenvalue weighted by Crippen LogP contribution is -2.43. The van der Waals surface area contributed by atoms with Crippen LogP contribution in [-0.2, 0) is 24.6 Å². The summed E-state index contributed by atoms with van der Waals surface area (Å²) in [6.07, 6.45) is 4.31. The molecule has 7 heteroatoms. The van der Waals surface area contributed by atoms with Gasteiger partial charge in [0.05, 0.1) is 12.3 Å². The molecule has 1 aliphatic carbocycles. The Kier molecular flexibility index (Phi) is 7.50. The Balaban J connectivity index is 0.00000243. The molecule has 2 atom stereocenters. The Morgan fingerprint density at radius 3 is 2.73 bits per heavy atom. The molecule has 1 aliphatic heterocycles. The van der Waals surface area contributed by atoms with E-state index in [1.165, 1.54) is 12.0 Å². The molecule has 148 valence electrons. The van der Waals surface area contributed by atoms with E-state index in [0.717, 1.165) is 56.9 Å². The van der Waals surface area contributed by atoms with Gasteiger partial charge in [0.1, 0.15) is 5.69 Å². The number of rotatable bonds is 6. The number of aromatic nitrogens is 2. The fourth-order valence-electron chi connectivity index (χ4n) is 4.35. The summed E-state index contributed by atoms with van der Waals surface area (Å²) in [4.78, 5) is 15.4. The van der Waals surface area contributed by atoms with Gasteiger partial charge in [-0.1, -0.05) is 13.8 Å². The zero-order valence-corrected chi connectivity index (χ0v) is 17.3.